The lowest BCUT2D eigenvalue weighted by Crippen LogP contribution is -2.28. The Hall–Kier alpha value is -1.80. The topological polar surface area (TPSA) is 76.8 Å². The molecule has 0 unspecified atom stereocenters. The number of likely N-dealkylation sites (N-methyl/N-ethyl adjacent to an activating group) is 1. The summed E-state index contributed by atoms with van der Waals surface area (Å²) in [5.41, 5.74) is 0.425. The van der Waals surface area contributed by atoms with E-state index in [-0.39, 0.29) is 18.1 Å². The number of carbonyl (C=O) groups is 1. The largest absolute Gasteiger partial charge is 0.465 e. The predicted octanol–water partition coefficient (Wildman–Crippen LogP) is 0.708. The van der Waals surface area contributed by atoms with E-state index in [9.17, 15) is 9.59 Å². The third kappa shape index (κ3) is 3.85. The Balaban J connectivity index is 2.15. The third-order valence-corrected chi connectivity index (χ3v) is 3.83. The fraction of sp³-hybridized carbons (Fsp3) is 0.538. The number of carbonyl (C=O) groups excluding carboxylic acids is 1. The van der Waals surface area contributed by atoms with E-state index in [1.54, 1.807) is 18.9 Å². The summed E-state index contributed by atoms with van der Waals surface area (Å²) in [6.07, 6.45) is 0.769. The Bertz CT molecular complexity index is 694. The highest BCUT2D eigenvalue weighted by Crippen LogP contribution is 2.12. The molecule has 21 heavy (non-hydrogen) atoms. The van der Waals surface area contributed by atoms with E-state index in [0.717, 1.165) is 11.4 Å². The molecule has 0 amide bonds. The first-order valence-corrected chi connectivity index (χ1v) is 7.58. The maximum atomic E-state index is 12.0. The van der Waals surface area contributed by atoms with E-state index in [0.29, 0.717) is 23.8 Å². The summed E-state index contributed by atoms with van der Waals surface area (Å²) in [5, 5.41) is 5.07. The van der Waals surface area contributed by atoms with Gasteiger partial charge in [0.05, 0.1) is 18.8 Å². The fourth-order valence-corrected chi connectivity index (χ4v) is 2.74. The van der Waals surface area contributed by atoms with Crippen LogP contribution >= 0.6 is 11.3 Å². The van der Waals surface area contributed by atoms with Gasteiger partial charge in [0.15, 0.2) is 0 Å². The van der Waals surface area contributed by atoms with E-state index >= 15 is 0 Å². The summed E-state index contributed by atoms with van der Waals surface area (Å²) in [4.78, 5) is 30.2. The molecule has 0 saturated heterocycles. The molecule has 8 heteroatoms. The van der Waals surface area contributed by atoms with Crippen LogP contribution in [-0.4, -0.2) is 45.7 Å². The highest BCUT2D eigenvalue weighted by atomic mass is 32.1. The van der Waals surface area contributed by atoms with Crippen LogP contribution in [0.25, 0.3) is 4.96 Å². The van der Waals surface area contributed by atoms with Gasteiger partial charge in [-0.15, -0.1) is 0 Å². The number of hydrogen-bond donors (Lipinski definition) is 0. The van der Waals surface area contributed by atoms with E-state index in [2.05, 4.69) is 10.1 Å². The number of nitrogens with zero attached hydrogens (tertiary/aromatic N) is 4. The van der Waals surface area contributed by atoms with Crippen molar-refractivity contribution in [2.75, 3.05) is 20.2 Å². The van der Waals surface area contributed by atoms with Gasteiger partial charge in [-0.3, -0.25) is 14.5 Å². The van der Waals surface area contributed by atoms with Gasteiger partial charge in [-0.1, -0.05) is 18.3 Å². The number of rotatable bonds is 6. The average Bonchev–Trinajstić information content (AvgIpc) is 2.82. The average molecular weight is 310 g/mol. The van der Waals surface area contributed by atoms with Gasteiger partial charge in [-0.25, -0.2) is 4.98 Å². The molecule has 0 saturated carbocycles. The van der Waals surface area contributed by atoms with Crippen molar-refractivity contribution in [1.82, 2.24) is 19.5 Å². The van der Waals surface area contributed by atoms with E-state index in [4.69, 9.17) is 4.74 Å². The van der Waals surface area contributed by atoms with Crippen LogP contribution in [0.5, 0.6) is 0 Å². The number of aromatic nitrogens is 3. The summed E-state index contributed by atoms with van der Waals surface area (Å²) in [6.45, 7) is 4.68. The van der Waals surface area contributed by atoms with Crippen molar-refractivity contribution >= 4 is 22.3 Å². The molecule has 0 aliphatic heterocycles. The molecule has 114 valence electrons. The first-order valence-electron chi connectivity index (χ1n) is 6.76. The van der Waals surface area contributed by atoms with Gasteiger partial charge in [0.1, 0.15) is 5.01 Å². The highest BCUT2D eigenvalue weighted by Gasteiger charge is 2.12. The van der Waals surface area contributed by atoms with Crippen LogP contribution in [0.2, 0.25) is 0 Å². The number of aryl methyl sites for hydroxylation is 1. The second-order valence-electron chi connectivity index (χ2n) is 4.61. The maximum absolute atomic E-state index is 12.0. The van der Waals surface area contributed by atoms with Crippen LogP contribution in [0.3, 0.4) is 0 Å². The van der Waals surface area contributed by atoms with E-state index in [1.165, 1.54) is 21.9 Å². The molecule has 0 fully saturated rings. The molecule has 0 bridgehead atoms. The smallest absolute Gasteiger partial charge is 0.320 e. The molecule has 2 aromatic rings. The summed E-state index contributed by atoms with van der Waals surface area (Å²) in [5.74, 6) is -0.288. The molecule has 0 atom stereocenters. The van der Waals surface area contributed by atoms with Crippen LogP contribution in [0.4, 0.5) is 0 Å². The number of hydrogen-bond acceptors (Lipinski definition) is 7. The molecule has 0 aliphatic carbocycles. The number of esters is 1. The minimum atomic E-state index is -0.288. The number of fused-ring (bicyclic) bond motifs is 1. The quantitative estimate of drug-likeness (QED) is 0.731. The lowest BCUT2D eigenvalue weighted by atomic mass is 10.3. The van der Waals surface area contributed by atoms with Gasteiger partial charge in [-0.2, -0.15) is 9.61 Å². The molecule has 0 aliphatic rings. The monoisotopic (exact) mass is 310 g/mol. The molecule has 2 heterocycles. The van der Waals surface area contributed by atoms with Crippen LogP contribution in [0.15, 0.2) is 10.9 Å². The van der Waals surface area contributed by atoms with E-state index < -0.39 is 0 Å². The summed E-state index contributed by atoms with van der Waals surface area (Å²) < 4.78 is 6.21. The van der Waals surface area contributed by atoms with Crippen molar-refractivity contribution in [3.8, 4) is 0 Å². The van der Waals surface area contributed by atoms with Gasteiger partial charge in [0, 0.05) is 12.6 Å². The molecule has 0 radical (unpaired) electrons. The van der Waals surface area contributed by atoms with Gasteiger partial charge in [0.2, 0.25) is 4.96 Å². The Labute approximate surface area is 126 Å². The molecular formula is C13H18N4O3S. The molecule has 0 spiro atoms. The van der Waals surface area contributed by atoms with Crippen molar-refractivity contribution in [3.63, 3.8) is 0 Å². The maximum Gasteiger partial charge on any atom is 0.320 e. The second kappa shape index (κ2) is 6.77. The van der Waals surface area contributed by atoms with Crippen LogP contribution in [0.1, 0.15) is 24.5 Å². The van der Waals surface area contributed by atoms with Crippen molar-refractivity contribution in [2.45, 2.75) is 26.8 Å². The van der Waals surface area contributed by atoms with Gasteiger partial charge in [0.25, 0.3) is 5.56 Å². The Kier molecular flexibility index (Phi) is 5.03. The Morgan fingerprint density at radius 3 is 2.90 bits per heavy atom. The zero-order valence-electron chi connectivity index (χ0n) is 12.3. The molecule has 0 N–H and O–H groups in total. The zero-order valence-corrected chi connectivity index (χ0v) is 13.1. The SMILES string of the molecule is CCOC(=O)CN(C)Cc1cc(=O)n2nc(CC)sc2n1. The number of ether oxygens (including phenoxy) is 1. The van der Waals surface area contributed by atoms with Gasteiger partial charge in [-0.05, 0) is 20.4 Å². The van der Waals surface area contributed by atoms with Gasteiger partial charge < -0.3 is 4.74 Å². The Morgan fingerprint density at radius 1 is 1.48 bits per heavy atom. The third-order valence-electron chi connectivity index (χ3n) is 2.78. The zero-order chi connectivity index (χ0) is 15.4. The molecule has 0 aromatic carbocycles. The fourth-order valence-electron chi connectivity index (χ4n) is 1.88. The van der Waals surface area contributed by atoms with E-state index in [1.807, 2.05) is 6.92 Å². The first-order chi connectivity index (χ1) is 10.0. The summed E-state index contributed by atoms with van der Waals surface area (Å²) in [7, 11) is 1.78. The Morgan fingerprint density at radius 2 is 2.24 bits per heavy atom. The molecule has 2 aromatic heterocycles. The molecular weight excluding hydrogens is 292 g/mol. The highest BCUT2D eigenvalue weighted by molar-refractivity contribution is 7.16. The van der Waals surface area contributed by atoms with Crippen LogP contribution < -0.4 is 5.56 Å². The molecule has 2 rings (SSSR count). The van der Waals surface area contributed by atoms with Crippen LogP contribution in [-0.2, 0) is 22.5 Å². The summed E-state index contributed by atoms with van der Waals surface area (Å²) in [6, 6.07) is 1.45. The lowest BCUT2D eigenvalue weighted by molar-refractivity contribution is -0.144. The predicted molar refractivity (Wildman–Crippen MR) is 79.5 cm³/mol. The first kappa shape index (κ1) is 15.6. The molecule has 7 nitrogen and oxygen atoms in total. The summed E-state index contributed by atoms with van der Waals surface area (Å²) >= 11 is 1.41. The van der Waals surface area contributed by atoms with Gasteiger partial charge >= 0.3 is 5.97 Å². The van der Waals surface area contributed by atoms with Crippen molar-refractivity contribution in [2.24, 2.45) is 0 Å². The van der Waals surface area contributed by atoms with Crippen molar-refractivity contribution < 1.29 is 9.53 Å². The second-order valence-corrected chi connectivity index (χ2v) is 5.65. The lowest BCUT2D eigenvalue weighted by Gasteiger charge is -2.14. The normalized spacial score (nSPS) is 11.2. The van der Waals surface area contributed by atoms with Crippen LogP contribution in [0, 0.1) is 0 Å². The van der Waals surface area contributed by atoms with Crippen molar-refractivity contribution in [3.05, 3.63) is 27.1 Å². The minimum absolute atomic E-state index is 0.164. The standard InChI is InChI=1S/C13H18N4O3S/c1-4-10-15-17-11(18)6-9(14-13(17)21-10)7-16(3)8-12(19)20-5-2/h6H,4-5,7-8H2,1-3H3. The minimum Gasteiger partial charge on any atom is -0.465 e. The van der Waals surface area contributed by atoms with Crippen molar-refractivity contribution in [1.29, 1.82) is 0 Å².